The molecule has 0 amide bonds. The van der Waals surface area contributed by atoms with Crippen LogP contribution in [0.2, 0.25) is 0 Å². The van der Waals surface area contributed by atoms with Crippen LogP contribution < -0.4 is 4.74 Å². The van der Waals surface area contributed by atoms with Crippen molar-refractivity contribution in [2.75, 3.05) is 19.8 Å². The van der Waals surface area contributed by atoms with Crippen LogP contribution in [0, 0.1) is 23.4 Å². The van der Waals surface area contributed by atoms with Gasteiger partial charge in [0.25, 0.3) is 0 Å². The highest BCUT2D eigenvalue weighted by atomic mass is 19.2. The summed E-state index contributed by atoms with van der Waals surface area (Å²) in [5.74, 6) is -2.36. The highest BCUT2D eigenvalue weighted by molar-refractivity contribution is 5.71. The first-order valence-corrected chi connectivity index (χ1v) is 11.5. The van der Waals surface area contributed by atoms with E-state index in [1.54, 1.807) is 36.4 Å². The Labute approximate surface area is 203 Å². The van der Waals surface area contributed by atoms with Gasteiger partial charge >= 0.3 is 0 Å². The van der Waals surface area contributed by atoms with E-state index in [0.29, 0.717) is 29.9 Å². The molecule has 0 saturated carbocycles. The molecule has 1 saturated heterocycles. The lowest BCUT2D eigenvalue weighted by Gasteiger charge is -2.29. The summed E-state index contributed by atoms with van der Waals surface area (Å²) >= 11 is 0. The van der Waals surface area contributed by atoms with Crippen LogP contribution in [0.15, 0.2) is 79.9 Å². The molecule has 3 nitrogen and oxygen atoms in total. The Bertz CT molecular complexity index is 1180. The molecule has 1 fully saturated rings. The quantitative estimate of drug-likeness (QED) is 0.295. The molecule has 0 N–H and O–H groups in total. The van der Waals surface area contributed by atoms with Crippen molar-refractivity contribution in [3.63, 3.8) is 0 Å². The van der Waals surface area contributed by atoms with E-state index in [2.05, 4.69) is 13.2 Å². The van der Waals surface area contributed by atoms with Crippen LogP contribution in [0.4, 0.5) is 13.2 Å². The average molecular weight is 481 g/mol. The molecule has 0 spiro atoms. The van der Waals surface area contributed by atoms with E-state index in [-0.39, 0.29) is 23.8 Å². The van der Waals surface area contributed by atoms with Crippen molar-refractivity contribution in [1.29, 1.82) is 0 Å². The molecular formula is C29H27F3O3. The second-order valence-electron chi connectivity index (χ2n) is 8.38. The van der Waals surface area contributed by atoms with Gasteiger partial charge in [-0.2, -0.15) is 4.39 Å². The maximum absolute atomic E-state index is 14.9. The van der Waals surface area contributed by atoms with Crippen molar-refractivity contribution in [3.05, 3.63) is 103 Å². The van der Waals surface area contributed by atoms with Gasteiger partial charge in [0.05, 0.1) is 13.2 Å². The Balaban J connectivity index is 1.47. The molecular weight excluding hydrogens is 453 g/mol. The summed E-state index contributed by atoms with van der Waals surface area (Å²) in [6.45, 7) is 8.32. The standard InChI is InChI=1S/C29H27F3O3/c1-3-5-6-19-17-34-29(35-18-19)24-12-11-22(16-25(24)30)20-7-9-21(10-8-20)23-13-14-26(33-15-4-2)28(32)27(23)31/h3-4,7-14,16,19,29H,1-2,5-6,15,17-18H2. The van der Waals surface area contributed by atoms with E-state index >= 15 is 0 Å². The highest BCUT2D eigenvalue weighted by Crippen LogP contribution is 2.33. The molecule has 6 heteroatoms. The highest BCUT2D eigenvalue weighted by Gasteiger charge is 2.25. The largest absolute Gasteiger partial charge is 0.486 e. The molecule has 0 unspecified atom stereocenters. The minimum absolute atomic E-state index is 0.0784. The van der Waals surface area contributed by atoms with Crippen molar-refractivity contribution >= 4 is 0 Å². The van der Waals surface area contributed by atoms with E-state index in [1.165, 1.54) is 24.3 Å². The van der Waals surface area contributed by atoms with Gasteiger partial charge in [0, 0.05) is 17.0 Å². The summed E-state index contributed by atoms with van der Waals surface area (Å²) in [4.78, 5) is 0. The van der Waals surface area contributed by atoms with Crippen LogP contribution in [0.25, 0.3) is 22.3 Å². The lowest BCUT2D eigenvalue weighted by Crippen LogP contribution is -2.27. The summed E-state index contributed by atoms with van der Waals surface area (Å²) in [5.41, 5.74) is 2.34. The second kappa shape index (κ2) is 11.4. The van der Waals surface area contributed by atoms with Crippen LogP contribution in [0.5, 0.6) is 5.75 Å². The number of hydrogen-bond donors (Lipinski definition) is 0. The van der Waals surface area contributed by atoms with Gasteiger partial charge in [-0.25, -0.2) is 8.78 Å². The normalized spacial score (nSPS) is 17.7. The van der Waals surface area contributed by atoms with E-state index in [0.717, 1.165) is 18.4 Å². The molecule has 4 rings (SSSR count). The molecule has 0 radical (unpaired) electrons. The summed E-state index contributed by atoms with van der Waals surface area (Å²) in [7, 11) is 0. The van der Waals surface area contributed by atoms with Gasteiger partial charge < -0.3 is 14.2 Å². The van der Waals surface area contributed by atoms with Crippen molar-refractivity contribution in [3.8, 4) is 28.0 Å². The number of hydrogen-bond acceptors (Lipinski definition) is 3. The number of benzene rings is 3. The summed E-state index contributed by atoms with van der Waals surface area (Å²) < 4.78 is 60.4. The molecule has 182 valence electrons. The van der Waals surface area contributed by atoms with Gasteiger partial charge in [-0.05, 0) is 47.7 Å². The SMILES string of the molecule is C=CCCC1COC(c2ccc(-c3ccc(-c4ccc(OCC=C)c(F)c4F)cc3)cc2F)OC1. The van der Waals surface area contributed by atoms with Gasteiger partial charge in [-0.1, -0.05) is 55.1 Å². The van der Waals surface area contributed by atoms with Gasteiger partial charge in [0.1, 0.15) is 12.4 Å². The zero-order valence-corrected chi connectivity index (χ0v) is 19.3. The number of ether oxygens (including phenoxy) is 3. The fourth-order valence-corrected chi connectivity index (χ4v) is 4.00. The van der Waals surface area contributed by atoms with Crippen LogP contribution in [0.3, 0.4) is 0 Å². The van der Waals surface area contributed by atoms with Crippen LogP contribution >= 0.6 is 0 Å². The summed E-state index contributed by atoms with van der Waals surface area (Å²) in [6, 6.07) is 14.5. The molecule has 35 heavy (non-hydrogen) atoms. The molecule has 3 aromatic rings. The molecule has 0 aliphatic carbocycles. The molecule has 1 aliphatic rings. The zero-order chi connectivity index (χ0) is 24.8. The van der Waals surface area contributed by atoms with Gasteiger partial charge in [-0.15, -0.1) is 6.58 Å². The van der Waals surface area contributed by atoms with Crippen LogP contribution in [0.1, 0.15) is 24.7 Å². The van der Waals surface area contributed by atoms with E-state index in [1.807, 2.05) is 6.08 Å². The number of allylic oxidation sites excluding steroid dienone is 1. The minimum atomic E-state index is -1.05. The Morgan fingerprint density at radius 1 is 0.829 bits per heavy atom. The van der Waals surface area contributed by atoms with Crippen molar-refractivity contribution in [2.24, 2.45) is 5.92 Å². The first-order chi connectivity index (χ1) is 17.0. The Kier molecular flexibility index (Phi) is 8.06. The van der Waals surface area contributed by atoms with Gasteiger partial charge in [0.2, 0.25) is 5.82 Å². The minimum Gasteiger partial charge on any atom is -0.486 e. The third kappa shape index (κ3) is 5.66. The van der Waals surface area contributed by atoms with Crippen molar-refractivity contribution in [2.45, 2.75) is 19.1 Å². The number of rotatable bonds is 9. The predicted octanol–water partition coefficient (Wildman–Crippen LogP) is 7.63. The molecule has 0 aromatic heterocycles. The maximum Gasteiger partial charge on any atom is 0.201 e. The average Bonchev–Trinajstić information content (AvgIpc) is 2.89. The first kappa shape index (κ1) is 24.8. The Hall–Kier alpha value is -3.35. The smallest absolute Gasteiger partial charge is 0.201 e. The second-order valence-corrected chi connectivity index (χ2v) is 8.38. The van der Waals surface area contributed by atoms with Crippen molar-refractivity contribution < 1.29 is 27.4 Å². The third-order valence-electron chi connectivity index (χ3n) is 5.93. The summed E-state index contributed by atoms with van der Waals surface area (Å²) in [5, 5.41) is 0. The first-order valence-electron chi connectivity index (χ1n) is 11.5. The fourth-order valence-electron chi connectivity index (χ4n) is 4.00. The number of halogens is 3. The van der Waals surface area contributed by atoms with E-state index in [4.69, 9.17) is 14.2 Å². The van der Waals surface area contributed by atoms with Crippen molar-refractivity contribution in [1.82, 2.24) is 0 Å². The van der Waals surface area contributed by atoms with E-state index < -0.39 is 23.7 Å². The van der Waals surface area contributed by atoms with Gasteiger partial charge in [-0.3, -0.25) is 0 Å². The molecule has 1 heterocycles. The third-order valence-corrected chi connectivity index (χ3v) is 5.93. The monoisotopic (exact) mass is 480 g/mol. The predicted molar refractivity (Wildman–Crippen MR) is 130 cm³/mol. The molecule has 0 atom stereocenters. The van der Waals surface area contributed by atoms with Gasteiger partial charge in [0.15, 0.2) is 17.9 Å². The summed E-state index contributed by atoms with van der Waals surface area (Å²) in [6.07, 6.45) is 4.40. The Morgan fingerprint density at radius 2 is 1.51 bits per heavy atom. The lowest BCUT2D eigenvalue weighted by molar-refractivity contribution is -0.207. The topological polar surface area (TPSA) is 27.7 Å². The Morgan fingerprint density at radius 3 is 2.17 bits per heavy atom. The molecule has 3 aromatic carbocycles. The van der Waals surface area contributed by atoms with E-state index in [9.17, 15) is 13.2 Å². The molecule has 1 aliphatic heterocycles. The zero-order valence-electron chi connectivity index (χ0n) is 19.3. The van der Waals surface area contributed by atoms with Crippen LogP contribution in [-0.2, 0) is 9.47 Å². The fraction of sp³-hybridized carbons (Fsp3) is 0.241. The van der Waals surface area contributed by atoms with Crippen LogP contribution in [-0.4, -0.2) is 19.8 Å². The molecule has 0 bridgehead atoms. The maximum atomic E-state index is 14.9. The lowest BCUT2D eigenvalue weighted by atomic mass is 9.98.